The first-order chi connectivity index (χ1) is 21.6. The molecule has 0 aromatic heterocycles. The van der Waals surface area contributed by atoms with E-state index in [9.17, 15) is 32.4 Å². The van der Waals surface area contributed by atoms with Gasteiger partial charge in [0.15, 0.2) is 0 Å². The van der Waals surface area contributed by atoms with Gasteiger partial charge in [-0.1, -0.05) is 74.8 Å². The van der Waals surface area contributed by atoms with Gasteiger partial charge in [0, 0.05) is 32.2 Å². The smallest absolute Gasteiger partial charge is 0.315 e. The second-order valence-corrected chi connectivity index (χ2v) is 17.4. The third-order valence-electron chi connectivity index (χ3n) is 9.03. The lowest BCUT2D eigenvalue weighted by Gasteiger charge is -2.37. The first-order valence-electron chi connectivity index (χ1n) is 16.7. The summed E-state index contributed by atoms with van der Waals surface area (Å²) < 4.78 is 26.4. The number of amides is 5. The van der Waals surface area contributed by atoms with Gasteiger partial charge in [-0.15, -0.1) is 6.58 Å². The minimum absolute atomic E-state index is 0.00644. The highest BCUT2D eigenvalue weighted by Gasteiger charge is 2.46. The lowest BCUT2D eigenvalue weighted by Crippen LogP contribution is -2.62. The monoisotopic (exact) mass is 682 g/mol. The van der Waals surface area contributed by atoms with Crippen LogP contribution in [0.3, 0.4) is 0 Å². The number of nitrogens with one attached hydrogen (secondary N) is 4. The first kappa shape index (κ1) is 40.2. The molecule has 2 rings (SSSR count). The maximum atomic E-state index is 14.3. The molecule has 0 bridgehead atoms. The van der Waals surface area contributed by atoms with Crippen LogP contribution in [0.5, 0.6) is 0 Å². The molecule has 13 nitrogen and oxygen atoms in total. The fourth-order valence-electron chi connectivity index (χ4n) is 5.86. The molecule has 2 aliphatic heterocycles. The van der Waals surface area contributed by atoms with Crippen molar-refractivity contribution in [2.75, 3.05) is 31.9 Å². The molecular weight excluding hydrogens is 624 g/mol. The number of ketones is 1. The third-order valence-corrected chi connectivity index (χ3v) is 11.0. The van der Waals surface area contributed by atoms with Crippen LogP contribution in [0.2, 0.25) is 0 Å². The molecule has 4 N–H and O–H groups in total. The van der Waals surface area contributed by atoms with E-state index in [-0.39, 0.29) is 43.6 Å². The molecule has 1 unspecified atom stereocenters. The van der Waals surface area contributed by atoms with Gasteiger partial charge >= 0.3 is 6.03 Å². The summed E-state index contributed by atoms with van der Waals surface area (Å²) in [6, 6.07) is -4.15. The van der Waals surface area contributed by atoms with Crippen molar-refractivity contribution in [1.29, 1.82) is 0 Å². The second kappa shape index (κ2) is 16.4. The van der Waals surface area contributed by atoms with E-state index in [1.807, 2.05) is 62.3 Å². The molecule has 2 aliphatic rings. The van der Waals surface area contributed by atoms with Gasteiger partial charge in [0.05, 0.1) is 11.8 Å². The van der Waals surface area contributed by atoms with E-state index in [2.05, 4.69) is 27.8 Å². The zero-order chi connectivity index (χ0) is 35.9. The Balaban J connectivity index is 2.31. The summed E-state index contributed by atoms with van der Waals surface area (Å²) in [4.78, 5) is 68.4. The Labute approximate surface area is 281 Å². The molecule has 268 valence electrons. The van der Waals surface area contributed by atoms with Crippen LogP contribution in [0.15, 0.2) is 12.7 Å². The molecule has 14 heteroatoms. The maximum Gasteiger partial charge on any atom is 0.315 e. The summed E-state index contributed by atoms with van der Waals surface area (Å²) in [5.74, 6) is -2.32. The molecular formula is C33H58N6O7S. The van der Waals surface area contributed by atoms with E-state index in [0.717, 1.165) is 0 Å². The van der Waals surface area contributed by atoms with Crippen molar-refractivity contribution in [3.05, 3.63) is 12.7 Å². The van der Waals surface area contributed by atoms with Crippen LogP contribution in [0.4, 0.5) is 4.79 Å². The lowest BCUT2D eigenvalue weighted by atomic mass is 9.85. The fraction of sp³-hybridized carbons (Fsp3) is 0.788. The Bertz CT molecular complexity index is 1270. The summed E-state index contributed by atoms with van der Waals surface area (Å²) in [5.41, 5.74) is -1.25. The fourth-order valence-corrected chi connectivity index (χ4v) is 7.40. The number of likely N-dealkylation sites (tertiary alicyclic amines) is 1. The maximum absolute atomic E-state index is 14.3. The van der Waals surface area contributed by atoms with Gasteiger partial charge < -0.3 is 26.2 Å². The van der Waals surface area contributed by atoms with Crippen molar-refractivity contribution in [3.63, 3.8) is 0 Å². The van der Waals surface area contributed by atoms with Gasteiger partial charge in [-0.3, -0.25) is 19.2 Å². The second-order valence-electron chi connectivity index (χ2n) is 15.3. The zero-order valence-corrected chi connectivity index (χ0v) is 30.6. The predicted molar refractivity (Wildman–Crippen MR) is 182 cm³/mol. The molecule has 2 saturated heterocycles. The molecule has 2 fully saturated rings. The number of hydrogen-bond donors (Lipinski definition) is 4. The summed E-state index contributed by atoms with van der Waals surface area (Å²) >= 11 is 0. The zero-order valence-electron chi connectivity index (χ0n) is 29.8. The van der Waals surface area contributed by atoms with Gasteiger partial charge in [-0.2, -0.15) is 4.31 Å². The molecule has 0 aliphatic carbocycles. The van der Waals surface area contributed by atoms with Crippen molar-refractivity contribution in [1.82, 2.24) is 30.5 Å². The average Bonchev–Trinajstić information content (AvgIpc) is 3.55. The van der Waals surface area contributed by atoms with Gasteiger partial charge in [0.2, 0.25) is 27.6 Å². The van der Waals surface area contributed by atoms with Crippen LogP contribution in [-0.4, -0.2) is 103 Å². The predicted octanol–water partition coefficient (Wildman–Crippen LogP) is 2.18. The van der Waals surface area contributed by atoms with E-state index in [1.165, 1.54) is 15.3 Å². The van der Waals surface area contributed by atoms with Gasteiger partial charge in [0.25, 0.3) is 5.91 Å². The van der Waals surface area contributed by atoms with Crippen molar-refractivity contribution >= 4 is 39.6 Å². The van der Waals surface area contributed by atoms with E-state index < -0.39 is 74.6 Å². The van der Waals surface area contributed by atoms with Crippen LogP contribution >= 0.6 is 0 Å². The SMILES string of the molecule is C=CCNC(=O)C(=O)C(CCC)NC(=O)[C@@H]1C[C@@H](C(C)C)CN1C(=O)[C@@H](NC(=O)N[C@H](CN1CCCS1(=O)=O)C(C)(C)C)C(C)(C)C. The Kier molecular flexibility index (Phi) is 14.0. The van der Waals surface area contributed by atoms with Crippen LogP contribution in [0.1, 0.15) is 88.0 Å². The minimum Gasteiger partial charge on any atom is -0.346 e. The number of urea groups is 1. The van der Waals surface area contributed by atoms with Crippen molar-refractivity contribution in [3.8, 4) is 0 Å². The van der Waals surface area contributed by atoms with Crippen molar-refractivity contribution in [2.45, 2.75) is 112 Å². The number of nitrogens with zero attached hydrogens (tertiary/aromatic N) is 2. The van der Waals surface area contributed by atoms with Gasteiger partial charge in [-0.25, -0.2) is 13.2 Å². The van der Waals surface area contributed by atoms with Gasteiger partial charge in [0.1, 0.15) is 12.1 Å². The number of carbonyl (C=O) groups is 5. The van der Waals surface area contributed by atoms with E-state index >= 15 is 0 Å². The average molecular weight is 683 g/mol. The normalized spacial score (nSPS) is 21.9. The molecule has 2 heterocycles. The molecule has 0 radical (unpaired) electrons. The first-order valence-corrected chi connectivity index (χ1v) is 18.3. The molecule has 0 spiro atoms. The van der Waals surface area contributed by atoms with Gasteiger partial charge in [-0.05, 0) is 41.9 Å². The highest BCUT2D eigenvalue weighted by atomic mass is 32.2. The van der Waals surface area contributed by atoms with E-state index in [4.69, 9.17) is 0 Å². The minimum atomic E-state index is -3.39. The summed E-state index contributed by atoms with van der Waals surface area (Å²) in [6.07, 6.45) is 3.14. The van der Waals surface area contributed by atoms with Crippen LogP contribution in [0, 0.1) is 22.7 Å². The number of rotatable bonds is 14. The van der Waals surface area contributed by atoms with Crippen molar-refractivity contribution < 1.29 is 32.4 Å². The van der Waals surface area contributed by atoms with E-state index in [1.54, 1.807) is 0 Å². The molecule has 0 saturated carbocycles. The van der Waals surface area contributed by atoms with Crippen LogP contribution in [-0.2, 0) is 29.2 Å². The Hall–Kier alpha value is -3.00. The summed E-state index contributed by atoms with van der Waals surface area (Å²) in [7, 11) is -3.39. The molecule has 5 amide bonds. The summed E-state index contributed by atoms with van der Waals surface area (Å²) in [6.45, 7) is 21.5. The topological polar surface area (TPSA) is 174 Å². The lowest BCUT2D eigenvalue weighted by molar-refractivity contribution is -0.143. The Morgan fingerprint density at radius 3 is 2.11 bits per heavy atom. The largest absolute Gasteiger partial charge is 0.346 e. The van der Waals surface area contributed by atoms with Crippen LogP contribution < -0.4 is 21.3 Å². The quantitative estimate of drug-likeness (QED) is 0.161. The molecule has 5 atom stereocenters. The number of hydrogen-bond acceptors (Lipinski definition) is 7. The number of sulfonamides is 1. The highest BCUT2D eigenvalue weighted by molar-refractivity contribution is 7.89. The van der Waals surface area contributed by atoms with Crippen molar-refractivity contribution in [2.24, 2.45) is 22.7 Å². The highest BCUT2D eigenvalue weighted by Crippen LogP contribution is 2.32. The molecule has 0 aromatic rings. The molecule has 0 aromatic carbocycles. The third kappa shape index (κ3) is 11.0. The van der Waals surface area contributed by atoms with E-state index in [0.29, 0.717) is 25.8 Å². The van der Waals surface area contributed by atoms with Crippen LogP contribution in [0.25, 0.3) is 0 Å². The Morgan fingerprint density at radius 2 is 1.62 bits per heavy atom. The molecule has 47 heavy (non-hydrogen) atoms. The summed E-state index contributed by atoms with van der Waals surface area (Å²) in [5, 5.41) is 11.0. The standard InChI is InChI=1S/C33H58N6O7S/c1-11-14-23(26(40)29(42)34-15-12-2)35-28(41)24-18-22(21(3)4)19-39(24)30(43)27(33(8,9)10)37-31(44)36-25(32(5,6)7)20-38-16-13-17-47(38,45)46/h12,21-25,27H,2,11,13-20H2,1,3-10H3,(H,34,42)(H,35,41)(H2,36,37,44)/t22-,23?,24+,25-,27-/m1/s1. The number of carbonyl (C=O) groups excluding carboxylic acids is 5. The number of Topliss-reactive ketones (excluding diaryl/α,β-unsaturated/α-hetero) is 1. The Morgan fingerprint density at radius 1 is 0.979 bits per heavy atom.